The lowest BCUT2D eigenvalue weighted by atomic mass is 10.1. The van der Waals surface area contributed by atoms with Crippen LogP contribution in [-0.2, 0) is 4.74 Å². The van der Waals surface area contributed by atoms with Gasteiger partial charge in [0.25, 0.3) is 0 Å². The van der Waals surface area contributed by atoms with Gasteiger partial charge in [0.05, 0.1) is 0 Å². The van der Waals surface area contributed by atoms with Gasteiger partial charge in [-0.25, -0.2) is 0 Å². The number of rotatable bonds is 4. The summed E-state index contributed by atoms with van der Waals surface area (Å²) in [7, 11) is 0. The number of hydrogen-bond donors (Lipinski definition) is 0. The molecule has 0 spiro atoms. The van der Waals surface area contributed by atoms with Crippen molar-refractivity contribution in [3.63, 3.8) is 0 Å². The van der Waals surface area contributed by atoms with Crippen LogP contribution in [0.15, 0.2) is 0 Å². The molecular formula is C6H3F11O. The van der Waals surface area contributed by atoms with Crippen LogP contribution in [0.5, 0.6) is 0 Å². The second kappa shape index (κ2) is 4.10. The first kappa shape index (κ1) is 17.2. The van der Waals surface area contributed by atoms with Crippen LogP contribution in [0.25, 0.3) is 0 Å². The van der Waals surface area contributed by atoms with Gasteiger partial charge in [0.15, 0.2) is 0 Å². The average molecular weight is 300 g/mol. The zero-order valence-corrected chi connectivity index (χ0v) is 8.07. The lowest BCUT2D eigenvalue weighted by molar-refractivity contribution is -0.479. The maximum atomic E-state index is 12.3. The van der Waals surface area contributed by atoms with Crippen molar-refractivity contribution < 1.29 is 53.0 Å². The van der Waals surface area contributed by atoms with E-state index in [1.54, 1.807) is 0 Å². The monoisotopic (exact) mass is 300 g/mol. The van der Waals surface area contributed by atoms with Gasteiger partial charge in [-0.3, -0.25) is 4.74 Å². The van der Waals surface area contributed by atoms with Crippen LogP contribution >= 0.6 is 0 Å². The van der Waals surface area contributed by atoms with Crippen molar-refractivity contribution in [2.24, 2.45) is 0 Å². The number of alkyl halides is 11. The van der Waals surface area contributed by atoms with E-state index in [0.717, 1.165) is 0 Å². The van der Waals surface area contributed by atoms with Crippen LogP contribution in [0.3, 0.4) is 0 Å². The predicted molar refractivity (Wildman–Crippen MR) is 32.6 cm³/mol. The fraction of sp³-hybridized carbons (Fsp3) is 1.00. The van der Waals surface area contributed by atoms with E-state index in [1.807, 2.05) is 4.74 Å². The Morgan fingerprint density at radius 3 is 1.17 bits per heavy atom. The Balaban J connectivity index is 5.50. The summed E-state index contributed by atoms with van der Waals surface area (Å²) in [6, 6.07) is 0. The fourth-order valence-electron chi connectivity index (χ4n) is 0.650. The molecule has 0 saturated heterocycles. The molecule has 0 aliphatic rings. The smallest absolute Gasteiger partial charge is 0.250 e. The molecule has 0 bridgehead atoms. The van der Waals surface area contributed by atoms with Gasteiger partial charge >= 0.3 is 30.2 Å². The summed E-state index contributed by atoms with van der Waals surface area (Å²) in [6.07, 6.45) is -18.9. The summed E-state index contributed by atoms with van der Waals surface area (Å²) < 4.78 is 134. The van der Waals surface area contributed by atoms with E-state index in [2.05, 4.69) is 0 Å². The van der Waals surface area contributed by atoms with Crippen molar-refractivity contribution in [3.8, 4) is 0 Å². The zero-order valence-electron chi connectivity index (χ0n) is 8.07. The Morgan fingerprint density at radius 1 is 0.611 bits per heavy atom. The third kappa shape index (κ3) is 2.95. The third-order valence-corrected chi connectivity index (χ3v) is 1.42. The van der Waals surface area contributed by atoms with E-state index in [4.69, 9.17) is 0 Å². The number of ether oxygens (including phenoxy) is 1. The molecule has 0 aliphatic carbocycles. The lowest BCUT2D eigenvalue weighted by Gasteiger charge is -2.33. The molecule has 0 heterocycles. The summed E-state index contributed by atoms with van der Waals surface area (Å²) in [5, 5.41) is 0. The molecule has 0 aromatic heterocycles. The minimum atomic E-state index is -7.26. The van der Waals surface area contributed by atoms with Crippen molar-refractivity contribution in [2.45, 2.75) is 37.2 Å². The number of halogens is 11. The second-order valence-electron chi connectivity index (χ2n) is 3.07. The van der Waals surface area contributed by atoms with E-state index >= 15 is 0 Å². The summed E-state index contributed by atoms with van der Waals surface area (Å²) >= 11 is 0. The zero-order chi connectivity index (χ0) is 15.2. The van der Waals surface area contributed by atoms with Crippen molar-refractivity contribution >= 4 is 0 Å². The molecule has 0 aliphatic heterocycles. The second-order valence-corrected chi connectivity index (χ2v) is 3.07. The van der Waals surface area contributed by atoms with Crippen molar-refractivity contribution in [1.29, 1.82) is 0 Å². The van der Waals surface area contributed by atoms with Gasteiger partial charge in [-0.15, -0.1) is 0 Å². The van der Waals surface area contributed by atoms with Crippen LogP contribution in [0, 0.1) is 0 Å². The minimum absolute atomic E-state index is 0.539. The lowest BCUT2D eigenvalue weighted by Crippen LogP contribution is -2.62. The van der Waals surface area contributed by atoms with Crippen LogP contribution in [0.1, 0.15) is 6.92 Å². The van der Waals surface area contributed by atoms with Crippen molar-refractivity contribution in [2.75, 3.05) is 0 Å². The maximum absolute atomic E-state index is 12.3. The van der Waals surface area contributed by atoms with E-state index < -0.39 is 37.2 Å². The van der Waals surface area contributed by atoms with Crippen molar-refractivity contribution in [1.82, 2.24) is 0 Å². The molecule has 0 radical (unpaired) electrons. The molecule has 110 valence electrons. The van der Waals surface area contributed by atoms with Crippen LogP contribution in [0.2, 0.25) is 0 Å². The van der Waals surface area contributed by atoms with Crippen LogP contribution in [0.4, 0.5) is 48.3 Å². The van der Waals surface area contributed by atoms with Gasteiger partial charge in [0.1, 0.15) is 0 Å². The Kier molecular flexibility index (Phi) is 3.91. The Bertz CT molecular complexity index is 298. The first-order valence-electron chi connectivity index (χ1n) is 3.74. The molecule has 0 fully saturated rings. The fourth-order valence-corrected chi connectivity index (χ4v) is 0.650. The molecule has 12 heteroatoms. The largest absolute Gasteiger partial charge is 0.460 e. The third-order valence-electron chi connectivity index (χ3n) is 1.42. The Hall–Kier alpha value is -0.810. The topological polar surface area (TPSA) is 9.23 Å². The van der Waals surface area contributed by atoms with E-state index in [0.29, 0.717) is 0 Å². The van der Waals surface area contributed by atoms with Crippen LogP contribution < -0.4 is 0 Å². The molecule has 0 N–H and O–H groups in total. The van der Waals surface area contributed by atoms with E-state index in [1.165, 1.54) is 0 Å². The van der Waals surface area contributed by atoms with Gasteiger partial charge in [-0.1, -0.05) is 0 Å². The standard InChI is InChI=1S/C6H3F11O/c1-2(7,8)18-6(16,17)4(11,12)3(9,10)5(13,14)15/h1H3. The molecule has 0 saturated carbocycles. The molecule has 1 nitrogen and oxygen atoms in total. The molecule has 0 aromatic rings. The highest BCUT2D eigenvalue weighted by molar-refractivity contribution is 4.96. The highest BCUT2D eigenvalue weighted by Gasteiger charge is 2.83. The highest BCUT2D eigenvalue weighted by Crippen LogP contribution is 2.54. The summed E-state index contributed by atoms with van der Waals surface area (Å²) in [6.45, 7) is -0.539. The molecule has 0 aromatic carbocycles. The van der Waals surface area contributed by atoms with Gasteiger partial charge < -0.3 is 0 Å². The summed E-state index contributed by atoms with van der Waals surface area (Å²) in [5.74, 6) is -14.5. The highest BCUT2D eigenvalue weighted by atomic mass is 19.4. The summed E-state index contributed by atoms with van der Waals surface area (Å²) in [5.41, 5.74) is 0. The van der Waals surface area contributed by atoms with Gasteiger partial charge in [-0.2, -0.15) is 48.3 Å². The normalized spacial score (nSPS) is 16.0. The molecule has 0 unspecified atom stereocenters. The Labute approximate surface area is 91.5 Å². The summed E-state index contributed by atoms with van der Waals surface area (Å²) in [4.78, 5) is 0. The number of hydrogen-bond acceptors (Lipinski definition) is 1. The van der Waals surface area contributed by atoms with Gasteiger partial charge in [-0.05, 0) is 0 Å². The predicted octanol–water partition coefficient (Wildman–Crippen LogP) is 4.04. The van der Waals surface area contributed by atoms with E-state index in [9.17, 15) is 48.3 Å². The van der Waals surface area contributed by atoms with Gasteiger partial charge in [0.2, 0.25) is 0 Å². The van der Waals surface area contributed by atoms with Crippen molar-refractivity contribution in [3.05, 3.63) is 0 Å². The molecular weight excluding hydrogens is 297 g/mol. The molecule has 0 rings (SSSR count). The minimum Gasteiger partial charge on any atom is -0.250 e. The SMILES string of the molecule is CC(F)(F)OC(F)(F)C(F)(F)C(F)(F)C(F)(F)F. The average Bonchev–Trinajstić information content (AvgIpc) is 1.95. The van der Waals surface area contributed by atoms with Crippen LogP contribution in [-0.4, -0.2) is 30.2 Å². The molecule has 0 atom stereocenters. The first-order chi connectivity index (χ1) is 7.46. The quantitative estimate of drug-likeness (QED) is 0.712. The first-order valence-corrected chi connectivity index (χ1v) is 3.74. The molecule has 0 amide bonds. The maximum Gasteiger partial charge on any atom is 0.460 e. The van der Waals surface area contributed by atoms with E-state index in [-0.39, 0.29) is 0 Å². The molecule has 18 heavy (non-hydrogen) atoms. The Morgan fingerprint density at radius 2 is 0.944 bits per heavy atom. The van der Waals surface area contributed by atoms with Gasteiger partial charge in [0, 0.05) is 6.92 Å².